The first-order chi connectivity index (χ1) is 9.29. The molecule has 2 rings (SSSR count). The number of benzene rings is 1. The summed E-state index contributed by atoms with van der Waals surface area (Å²) in [4.78, 5) is 13.7. The summed E-state index contributed by atoms with van der Waals surface area (Å²) in [5.41, 5.74) is -1.22. The Morgan fingerprint density at radius 2 is 1.90 bits per heavy atom. The molecule has 1 saturated heterocycles. The van der Waals surface area contributed by atoms with Crippen molar-refractivity contribution >= 4 is 33.4 Å². The molecule has 0 spiro atoms. The van der Waals surface area contributed by atoms with Crippen LogP contribution in [-0.2, 0) is 6.18 Å². The van der Waals surface area contributed by atoms with Gasteiger partial charge in [-0.15, -0.1) is 11.6 Å². The Kier molecular flexibility index (Phi) is 4.64. The van der Waals surface area contributed by atoms with Crippen molar-refractivity contribution in [2.45, 2.75) is 24.4 Å². The highest BCUT2D eigenvalue weighted by Crippen LogP contribution is 2.34. The number of hydrogen-bond acceptors (Lipinski definition) is 1. The van der Waals surface area contributed by atoms with Crippen LogP contribution >= 0.6 is 27.5 Å². The lowest BCUT2D eigenvalue weighted by molar-refractivity contribution is -0.138. The van der Waals surface area contributed by atoms with E-state index in [9.17, 15) is 18.0 Å². The predicted octanol–water partition coefficient (Wildman–Crippen LogP) is 4.31. The van der Waals surface area contributed by atoms with Gasteiger partial charge in [0.1, 0.15) is 0 Å². The van der Waals surface area contributed by atoms with E-state index in [0.717, 1.165) is 6.07 Å². The van der Waals surface area contributed by atoms with Gasteiger partial charge in [-0.05, 0) is 31.0 Å². The van der Waals surface area contributed by atoms with Gasteiger partial charge in [-0.25, -0.2) is 0 Å². The monoisotopic (exact) mass is 369 g/mol. The van der Waals surface area contributed by atoms with E-state index in [1.807, 2.05) is 0 Å². The zero-order chi connectivity index (χ0) is 14.9. The maximum Gasteiger partial charge on any atom is 0.417 e. The molecule has 0 bridgehead atoms. The number of nitrogens with zero attached hydrogens (tertiary/aromatic N) is 1. The van der Waals surface area contributed by atoms with Gasteiger partial charge < -0.3 is 4.90 Å². The molecule has 1 aliphatic heterocycles. The smallest absolute Gasteiger partial charge is 0.339 e. The van der Waals surface area contributed by atoms with Crippen molar-refractivity contribution in [2.24, 2.45) is 0 Å². The summed E-state index contributed by atoms with van der Waals surface area (Å²) in [5.74, 6) is -0.589. The second-order valence-corrected chi connectivity index (χ2v) is 6.19. The molecular formula is C13H12BrClF3NO. The summed E-state index contributed by atoms with van der Waals surface area (Å²) in [6, 6.07) is 3.58. The fourth-order valence-corrected chi connectivity index (χ4v) is 2.72. The first-order valence-electron chi connectivity index (χ1n) is 6.09. The molecule has 0 unspecified atom stereocenters. The van der Waals surface area contributed by atoms with Crippen LogP contribution < -0.4 is 0 Å². The van der Waals surface area contributed by atoms with E-state index < -0.39 is 17.6 Å². The molecular weight excluding hydrogens is 358 g/mol. The number of halogens is 5. The molecule has 2 nitrogen and oxygen atoms in total. The van der Waals surface area contributed by atoms with Crippen LogP contribution in [0, 0.1) is 0 Å². The molecule has 1 fully saturated rings. The van der Waals surface area contributed by atoms with Crippen LogP contribution in [0.15, 0.2) is 22.7 Å². The van der Waals surface area contributed by atoms with Gasteiger partial charge in [-0.2, -0.15) is 13.2 Å². The van der Waals surface area contributed by atoms with Crippen LogP contribution in [0.4, 0.5) is 13.2 Å². The molecule has 7 heteroatoms. The first-order valence-corrected chi connectivity index (χ1v) is 7.32. The summed E-state index contributed by atoms with van der Waals surface area (Å²) in [6.45, 7) is 0.778. The quantitative estimate of drug-likeness (QED) is 0.675. The number of rotatable bonds is 1. The SMILES string of the molecule is O=C(c1ccc(Br)cc1C(F)(F)F)N1CCC(Cl)CC1. The van der Waals surface area contributed by atoms with E-state index in [0.29, 0.717) is 30.4 Å². The molecule has 20 heavy (non-hydrogen) atoms. The third kappa shape index (κ3) is 3.47. The van der Waals surface area contributed by atoms with Gasteiger partial charge in [-0.1, -0.05) is 15.9 Å². The van der Waals surface area contributed by atoms with Gasteiger partial charge in [0, 0.05) is 22.9 Å². The number of piperidine rings is 1. The minimum atomic E-state index is -4.56. The molecule has 0 atom stereocenters. The fraction of sp³-hybridized carbons (Fsp3) is 0.462. The fourth-order valence-electron chi connectivity index (χ4n) is 2.16. The summed E-state index contributed by atoms with van der Waals surface area (Å²) in [6.07, 6.45) is -3.35. The number of amides is 1. The standard InChI is InChI=1S/C13H12BrClF3NO/c14-8-1-2-10(11(7-8)13(16,17)18)12(20)19-5-3-9(15)4-6-19/h1-2,7,9H,3-6H2. The molecule has 1 aliphatic rings. The molecule has 1 aromatic carbocycles. The second kappa shape index (κ2) is 5.93. The molecule has 110 valence electrons. The number of alkyl halides is 4. The Balaban J connectivity index is 2.30. The molecule has 1 aromatic rings. The topological polar surface area (TPSA) is 20.3 Å². The minimum absolute atomic E-state index is 0.00828. The maximum absolute atomic E-state index is 13.0. The van der Waals surface area contributed by atoms with Crippen LogP contribution in [0.2, 0.25) is 0 Å². The lowest BCUT2D eigenvalue weighted by Gasteiger charge is -2.30. The summed E-state index contributed by atoms with van der Waals surface area (Å²) in [7, 11) is 0. The van der Waals surface area contributed by atoms with Crippen LogP contribution in [0.3, 0.4) is 0 Å². The minimum Gasteiger partial charge on any atom is -0.339 e. The Morgan fingerprint density at radius 3 is 2.45 bits per heavy atom. The summed E-state index contributed by atoms with van der Waals surface area (Å²) in [5, 5.41) is -0.00828. The van der Waals surface area contributed by atoms with E-state index in [1.54, 1.807) is 0 Å². The van der Waals surface area contributed by atoms with Gasteiger partial charge in [-0.3, -0.25) is 4.79 Å². The number of hydrogen-bond donors (Lipinski definition) is 0. The van der Waals surface area contributed by atoms with Gasteiger partial charge in [0.2, 0.25) is 0 Å². The number of likely N-dealkylation sites (tertiary alicyclic amines) is 1. The molecule has 0 N–H and O–H groups in total. The van der Waals surface area contributed by atoms with Crippen molar-refractivity contribution in [1.82, 2.24) is 4.90 Å². The van der Waals surface area contributed by atoms with Crippen molar-refractivity contribution in [1.29, 1.82) is 0 Å². The van der Waals surface area contributed by atoms with Crippen LogP contribution in [0.25, 0.3) is 0 Å². The molecule has 0 saturated carbocycles. The van der Waals surface area contributed by atoms with E-state index in [1.165, 1.54) is 17.0 Å². The van der Waals surface area contributed by atoms with Crippen molar-refractivity contribution in [3.05, 3.63) is 33.8 Å². The predicted molar refractivity (Wildman–Crippen MR) is 73.9 cm³/mol. The highest BCUT2D eigenvalue weighted by molar-refractivity contribution is 9.10. The third-order valence-electron chi connectivity index (χ3n) is 3.23. The average molecular weight is 371 g/mol. The Hall–Kier alpha value is -0.750. The van der Waals surface area contributed by atoms with Gasteiger partial charge in [0.15, 0.2) is 0 Å². The highest BCUT2D eigenvalue weighted by Gasteiger charge is 2.36. The largest absolute Gasteiger partial charge is 0.417 e. The maximum atomic E-state index is 13.0. The number of carbonyl (C=O) groups is 1. The molecule has 1 amide bonds. The van der Waals surface area contributed by atoms with Crippen molar-refractivity contribution in [2.75, 3.05) is 13.1 Å². The zero-order valence-electron chi connectivity index (χ0n) is 10.4. The van der Waals surface area contributed by atoms with Crippen LogP contribution in [0.1, 0.15) is 28.8 Å². The Labute approximate surface area is 128 Å². The normalized spacial score (nSPS) is 17.4. The summed E-state index contributed by atoms with van der Waals surface area (Å²) < 4.78 is 39.3. The Bertz CT molecular complexity index is 513. The lowest BCUT2D eigenvalue weighted by Crippen LogP contribution is -2.39. The van der Waals surface area contributed by atoms with Crippen molar-refractivity contribution < 1.29 is 18.0 Å². The van der Waals surface area contributed by atoms with Crippen molar-refractivity contribution in [3.8, 4) is 0 Å². The molecule has 1 heterocycles. The first kappa shape index (κ1) is 15.6. The number of carbonyl (C=O) groups excluding carboxylic acids is 1. The van der Waals surface area contributed by atoms with Gasteiger partial charge in [0.25, 0.3) is 5.91 Å². The van der Waals surface area contributed by atoms with E-state index >= 15 is 0 Å². The van der Waals surface area contributed by atoms with Crippen molar-refractivity contribution in [3.63, 3.8) is 0 Å². The Morgan fingerprint density at radius 1 is 1.30 bits per heavy atom. The summed E-state index contributed by atoms with van der Waals surface area (Å²) >= 11 is 8.93. The second-order valence-electron chi connectivity index (χ2n) is 4.65. The van der Waals surface area contributed by atoms with E-state index in [2.05, 4.69) is 15.9 Å². The van der Waals surface area contributed by atoms with E-state index in [4.69, 9.17) is 11.6 Å². The third-order valence-corrected chi connectivity index (χ3v) is 4.16. The lowest BCUT2D eigenvalue weighted by atomic mass is 10.0. The average Bonchev–Trinajstić information content (AvgIpc) is 2.38. The molecule has 0 radical (unpaired) electrons. The molecule has 0 aliphatic carbocycles. The van der Waals surface area contributed by atoms with E-state index in [-0.39, 0.29) is 10.9 Å². The van der Waals surface area contributed by atoms with Crippen LogP contribution in [-0.4, -0.2) is 29.3 Å². The van der Waals surface area contributed by atoms with Gasteiger partial charge >= 0.3 is 6.18 Å². The van der Waals surface area contributed by atoms with Gasteiger partial charge in [0.05, 0.1) is 11.1 Å². The van der Waals surface area contributed by atoms with Crippen LogP contribution in [0.5, 0.6) is 0 Å². The highest BCUT2D eigenvalue weighted by atomic mass is 79.9. The zero-order valence-corrected chi connectivity index (χ0v) is 12.7. The molecule has 0 aromatic heterocycles.